The van der Waals surface area contributed by atoms with Crippen LogP contribution in [0.4, 0.5) is 17.6 Å². The van der Waals surface area contributed by atoms with E-state index in [-0.39, 0.29) is 17.0 Å². The molecule has 2 aromatic rings. The molecular formula is C12H6ClF4NO2. The second kappa shape index (κ2) is 4.12. The van der Waals surface area contributed by atoms with Gasteiger partial charge in [0.2, 0.25) is 5.75 Å². The number of alkyl halides is 3. The van der Waals surface area contributed by atoms with E-state index >= 15 is 0 Å². The average Bonchev–Trinajstić information content (AvgIpc) is 3.04. The molecule has 0 N–H and O–H groups in total. The number of aromatic nitrogens is 1. The van der Waals surface area contributed by atoms with E-state index in [2.05, 4.69) is 9.68 Å². The van der Waals surface area contributed by atoms with Crippen molar-refractivity contribution < 1.29 is 26.8 Å². The van der Waals surface area contributed by atoms with Gasteiger partial charge in [0.1, 0.15) is 10.7 Å². The van der Waals surface area contributed by atoms with E-state index in [9.17, 15) is 17.6 Å². The van der Waals surface area contributed by atoms with Gasteiger partial charge in [-0.3, -0.25) is 0 Å². The van der Waals surface area contributed by atoms with Crippen LogP contribution >= 0.6 is 11.6 Å². The Morgan fingerprint density at radius 3 is 2.60 bits per heavy atom. The van der Waals surface area contributed by atoms with Crippen LogP contribution in [-0.4, -0.2) is 5.16 Å². The van der Waals surface area contributed by atoms with E-state index in [0.29, 0.717) is 17.7 Å². The second-order valence-corrected chi connectivity index (χ2v) is 4.56. The van der Waals surface area contributed by atoms with Crippen molar-refractivity contribution in [3.8, 4) is 22.8 Å². The fourth-order valence-electron chi connectivity index (χ4n) is 1.96. The predicted molar refractivity (Wildman–Crippen MR) is 61.4 cm³/mol. The summed E-state index contributed by atoms with van der Waals surface area (Å²) in [6, 6.07) is 1.55. The topological polar surface area (TPSA) is 38.6 Å². The van der Waals surface area contributed by atoms with Gasteiger partial charge in [0.05, 0.1) is 0 Å². The molecule has 3 rings (SSSR count). The van der Waals surface area contributed by atoms with E-state index in [1.54, 1.807) is 13.0 Å². The zero-order valence-corrected chi connectivity index (χ0v) is 10.7. The van der Waals surface area contributed by atoms with Crippen LogP contribution in [0.3, 0.4) is 0 Å². The monoisotopic (exact) mass is 307 g/mol. The molecule has 8 heteroatoms. The van der Waals surface area contributed by atoms with Gasteiger partial charge in [-0.2, -0.15) is 13.2 Å². The Labute approximate surface area is 115 Å². The fourth-order valence-corrected chi connectivity index (χ4v) is 2.23. The molecule has 1 aromatic carbocycles. The van der Waals surface area contributed by atoms with Crippen molar-refractivity contribution in [3.63, 3.8) is 0 Å². The van der Waals surface area contributed by atoms with Crippen LogP contribution in [0.1, 0.15) is 18.2 Å². The molecular weight excluding hydrogens is 302 g/mol. The molecule has 0 radical (unpaired) electrons. The summed E-state index contributed by atoms with van der Waals surface area (Å²) in [4.78, 5) is 0. The quantitative estimate of drug-likeness (QED) is 0.503. The third-order valence-electron chi connectivity index (χ3n) is 2.95. The molecule has 20 heavy (non-hydrogen) atoms. The van der Waals surface area contributed by atoms with Gasteiger partial charge in [-0.15, -0.1) is 0 Å². The second-order valence-electron chi connectivity index (χ2n) is 4.18. The van der Waals surface area contributed by atoms with Gasteiger partial charge in [-0.25, -0.2) is 4.39 Å². The fraction of sp³-hybridized carbons (Fsp3) is 0.250. The number of benzene rings is 1. The summed E-state index contributed by atoms with van der Waals surface area (Å²) < 4.78 is 61.1. The zero-order valence-electron chi connectivity index (χ0n) is 9.94. The minimum absolute atomic E-state index is 0.00447. The lowest BCUT2D eigenvalue weighted by Gasteiger charge is -2.04. The highest BCUT2D eigenvalue weighted by Gasteiger charge is 2.41. The summed E-state index contributed by atoms with van der Waals surface area (Å²) in [6.07, 6.45) is -4.40. The summed E-state index contributed by atoms with van der Waals surface area (Å²) in [5.41, 5.74) is -0.0395. The number of nitrogens with zero attached hydrogens (tertiary/aromatic N) is 1. The number of hydrogen-bond acceptors (Lipinski definition) is 3. The Bertz CT molecular complexity index is 708. The van der Waals surface area contributed by atoms with Crippen molar-refractivity contribution in [3.05, 3.63) is 28.2 Å². The van der Waals surface area contributed by atoms with Gasteiger partial charge in [-0.05, 0) is 18.1 Å². The molecule has 0 unspecified atom stereocenters. The molecule has 0 atom stereocenters. The van der Waals surface area contributed by atoms with Gasteiger partial charge in [0.25, 0.3) is 5.76 Å². The smallest absolute Gasteiger partial charge is 0.446 e. The Hall–Kier alpha value is -1.76. The Kier molecular flexibility index (Phi) is 2.72. The van der Waals surface area contributed by atoms with Crippen LogP contribution < -0.4 is 4.74 Å². The van der Waals surface area contributed by atoms with E-state index in [1.165, 1.54) is 0 Å². The first-order valence-corrected chi connectivity index (χ1v) is 5.98. The van der Waals surface area contributed by atoms with Crippen molar-refractivity contribution in [1.82, 2.24) is 5.16 Å². The lowest BCUT2D eigenvalue weighted by Crippen LogP contribution is -2.03. The van der Waals surface area contributed by atoms with Gasteiger partial charge in [-0.1, -0.05) is 23.7 Å². The van der Waals surface area contributed by atoms with E-state index in [1.807, 2.05) is 0 Å². The van der Waals surface area contributed by atoms with Crippen molar-refractivity contribution in [2.75, 3.05) is 0 Å². The first-order valence-electron chi connectivity index (χ1n) is 5.60. The predicted octanol–water partition coefficient (Wildman–Crippen LogP) is 4.82. The van der Waals surface area contributed by atoms with Gasteiger partial charge in [0, 0.05) is 5.56 Å². The van der Waals surface area contributed by atoms with Crippen LogP contribution in [0.2, 0.25) is 5.02 Å². The maximum Gasteiger partial charge on any atom is 0.453 e. The minimum Gasteiger partial charge on any atom is -0.446 e. The number of halogens is 5. The van der Waals surface area contributed by atoms with Crippen molar-refractivity contribution >= 4 is 11.6 Å². The van der Waals surface area contributed by atoms with Gasteiger partial charge < -0.3 is 9.26 Å². The highest BCUT2D eigenvalue weighted by molar-refractivity contribution is 6.33. The largest absolute Gasteiger partial charge is 0.453 e. The lowest BCUT2D eigenvalue weighted by molar-refractivity contribution is -0.155. The molecule has 106 valence electrons. The average molecular weight is 308 g/mol. The number of hydrogen-bond donors (Lipinski definition) is 0. The molecule has 1 aromatic heterocycles. The molecule has 0 saturated carbocycles. The first kappa shape index (κ1) is 13.2. The molecule has 0 amide bonds. The summed E-state index contributed by atoms with van der Waals surface area (Å²) in [5, 5.41) is 2.51. The van der Waals surface area contributed by atoms with Crippen molar-refractivity contribution in [2.24, 2.45) is 0 Å². The maximum absolute atomic E-state index is 14.1. The molecule has 3 nitrogen and oxygen atoms in total. The molecule has 0 fully saturated rings. The highest BCUT2D eigenvalue weighted by atomic mass is 35.5. The summed E-state index contributed by atoms with van der Waals surface area (Å²) in [6.45, 7) is 1.73. The van der Waals surface area contributed by atoms with Gasteiger partial charge in [0.15, 0.2) is 11.6 Å². The van der Waals surface area contributed by atoms with E-state index in [0.717, 1.165) is 0 Å². The lowest BCUT2D eigenvalue weighted by atomic mass is 10.0. The minimum atomic E-state index is -4.79. The van der Waals surface area contributed by atoms with Crippen LogP contribution in [0.15, 0.2) is 10.6 Å². The molecule has 0 bridgehead atoms. The number of ether oxygens (including phenoxy) is 1. The van der Waals surface area contributed by atoms with E-state index < -0.39 is 22.8 Å². The molecule has 0 spiro atoms. The molecule has 0 aliphatic carbocycles. The summed E-state index contributed by atoms with van der Waals surface area (Å²) >= 11 is 5.63. The third-order valence-corrected chi connectivity index (χ3v) is 3.30. The first-order chi connectivity index (χ1) is 9.34. The Morgan fingerprint density at radius 1 is 1.35 bits per heavy atom. The molecule has 2 heterocycles. The van der Waals surface area contributed by atoms with Crippen LogP contribution in [0, 0.1) is 5.82 Å². The van der Waals surface area contributed by atoms with Crippen LogP contribution in [0.25, 0.3) is 11.3 Å². The van der Waals surface area contributed by atoms with Crippen LogP contribution in [-0.2, 0) is 12.6 Å². The number of aryl methyl sites for hydroxylation is 1. The maximum atomic E-state index is 14.1. The standard InChI is InChI=1S/C12H6ClF4NO2/c1-2-4-3-5-10(19-5)8(14)6(4)9-7(13)11(20-18-9)12(15,16)17/h3H,2H2,1H3. The van der Waals surface area contributed by atoms with Crippen LogP contribution in [0.5, 0.6) is 11.5 Å². The number of rotatable bonds is 2. The SMILES string of the molecule is CCc1cc2c(c(F)c1-c1noc(C(F)(F)F)c1Cl)O2. The van der Waals surface area contributed by atoms with E-state index in [4.69, 9.17) is 16.3 Å². The van der Waals surface area contributed by atoms with Gasteiger partial charge >= 0.3 is 6.18 Å². The zero-order chi connectivity index (χ0) is 14.7. The van der Waals surface area contributed by atoms with Crippen molar-refractivity contribution in [2.45, 2.75) is 19.5 Å². The van der Waals surface area contributed by atoms with Crippen molar-refractivity contribution in [1.29, 1.82) is 0 Å². The third kappa shape index (κ3) is 1.84. The Balaban J connectivity index is 2.21. The summed E-state index contributed by atoms with van der Waals surface area (Å²) in [7, 11) is 0. The summed E-state index contributed by atoms with van der Waals surface area (Å²) in [5.74, 6) is -1.84. The molecule has 0 saturated heterocycles. The Morgan fingerprint density at radius 2 is 2.05 bits per heavy atom. The normalized spacial score (nSPS) is 13.1. The molecule has 1 aliphatic rings. The molecule has 1 aliphatic heterocycles. The number of fused-ring (bicyclic) bond motifs is 1. The highest BCUT2D eigenvalue weighted by Crippen LogP contribution is 2.53.